The molecule has 0 aliphatic carbocycles. The second kappa shape index (κ2) is 10.9. The average Bonchev–Trinajstić information content (AvgIpc) is 2.56. The van der Waals surface area contributed by atoms with Gasteiger partial charge in [-0.05, 0) is 18.1 Å². The maximum Gasteiger partial charge on any atom is 0.103 e. The van der Waals surface area contributed by atoms with Crippen LogP contribution in [0.15, 0.2) is 60.7 Å². The summed E-state index contributed by atoms with van der Waals surface area (Å²) in [5, 5.41) is 28.4. The van der Waals surface area contributed by atoms with Gasteiger partial charge in [-0.2, -0.15) is 0 Å². The summed E-state index contributed by atoms with van der Waals surface area (Å²) in [5.74, 6) is 0. The molecule has 0 fully saturated rings. The number of hydrogen-bond acceptors (Lipinski definition) is 4. The van der Waals surface area contributed by atoms with Gasteiger partial charge in [0.2, 0.25) is 0 Å². The van der Waals surface area contributed by atoms with E-state index in [1.165, 1.54) is 18.1 Å². The predicted octanol–water partition coefficient (Wildman–Crippen LogP) is 1.70. The number of aliphatic hydroxyl groups excluding tert-OH is 3. The number of rotatable bonds is 6. The molecule has 0 aromatic heterocycles. The summed E-state index contributed by atoms with van der Waals surface area (Å²) in [6, 6.07) is 20.9. The van der Waals surface area contributed by atoms with E-state index in [2.05, 4.69) is 53.8 Å². The van der Waals surface area contributed by atoms with E-state index >= 15 is 0 Å². The van der Waals surface area contributed by atoms with Crippen LogP contribution in [-0.2, 0) is 13.1 Å². The van der Waals surface area contributed by atoms with Crippen molar-refractivity contribution in [1.29, 1.82) is 0 Å². The highest BCUT2D eigenvalue weighted by Gasteiger charge is 2.06. The van der Waals surface area contributed by atoms with Gasteiger partial charge in [-0.15, -0.1) is 0 Å². The third kappa shape index (κ3) is 7.90. The Balaban J connectivity index is 0.000000295. The lowest BCUT2D eigenvalue weighted by atomic mass is 10.2. The van der Waals surface area contributed by atoms with E-state index in [9.17, 15) is 0 Å². The zero-order chi connectivity index (χ0) is 16.2. The smallest absolute Gasteiger partial charge is 0.103 e. The molecule has 0 aliphatic rings. The van der Waals surface area contributed by atoms with Crippen LogP contribution in [0.3, 0.4) is 0 Å². The molecular formula is C18H25NO3. The lowest BCUT2D eigenvalue weighted by Crippen LogP contribution is -2.25. The molecule has 4 nitrogen and oxygen atoms in total. The molecule has 0 bridgehead atoms. The van der Waals surface area contributed by atoms with Gasteiger partial charge in [0.05, 0.1) is 12.7 Å². The van der Waals surface area contributed by atoms with Crippen molar-refractivity contribution >= 4 is 0 Å². The van der Waals surface area contributed by atoms with Crippen LogP contribution in [0.1, 0.15) is 18.1 Å². The van der Waals surface area contributed by atoms with Gasteiger partial charge in [0.1, 0.15) is 6.10 Å². The summed E-state index contributed by atoms with van der Waals surface area (Å²) < 4.78 is 0. The molecule has 0 radical (unpaired) electrons. The fourth-order valence-electron chi connectivity index (χ4n) is 1.70. The first-order valence-electron chi connectivity index (χ1n) is 7.39. The molecular weight excluding hydrogens is 278 g/mol. The van der Waals surface area contributed by atoms with Gasteiger partial charge in [0, 0.05) is 13.1 Å². The molecule has 120 valence electrons. The minimum absolute atomic E-state index is 0.377. The van der Waals surface area contributed by atoms with E-state index in [0.29, 0.717) is 0 Å². The molecule has 2 atom stereocenters. The third-order valence-electron chi connectivity index (χ3n) is 3.09. The molecule has 0 amide bonds. The van der Waals surface area contributed by atoms with Crippen LogP contribution < -0.4 is 5.32 Å². The predicted molar refractivity (Wildman–Crippen MR) is 88.2 cm³/mol. The first-order chi connectivity index (χ1) is 10.6. The number of nitrogens with one attached hydrogen (secondary N) is 1. The number of aliphatic hydroxyl groups is 3. The van der Waals surface area contributed by atoms with E-state index in [4.69, 9.17) is 15.3 Å². The Morgan fingerprint density at radius 1 is 0.818 bits per heavy atom. The SMILES string of the molecule is CC(O)C(O)CO.c1ccc(CNCc2ccccc2)cc1. The molecule has 0 spiro atoms. The number of benzene rings is 2. The molecule has 2 aromatic rings. The standard InChI is InChI=1S/C14H15N.C4H10O3/c1-3-7-13(8-4-1)11-15-12-14-9-5-2-6-10-14;1-3(6)4(7)2-5/h1-10,15H,11-12H2;3-7H,2H2,1H3. The quantitative estimate of drug-likeness (QED) is 0.655. The minimum Gasteiger partial charge on any atom is -0.394 e. The highest BCUT2D eigenvalue weighted by molar-refractivity contribution is 5.16. The van der Waals surface area contributed by atoms with Crippen molar-refractivity contribution in [2.75, 3.05) is 6.61 Å². The van der Waals surface area contributed by atoms with Crippen molar-refractivity contribution in [3.63, 3.8) is 0 Å². The Hall–Kier alpha value is -1.72. The van der Waals surface area contributed by atoms with Crippen LogP contribution in [0.4, 0.5) is 0 Å². The Morgan fingerprint density at radius 3 is 1.50 bits per heavy atom. The maximum atomic E-state index is 8.44. The van der Waals surface area contributed by atoms with E-state index in [0.717, 1.165) is 13.1 Å². The van der Waals surface area contributed by atoms with Gasteiger partial charge in [-0.3, -0.25) is 0 Å². The Kier molecular flexibility index (Phi) is 9.11. The minimum atomic E-state index is -0.986. The molecule has 4 N–H and O–H groups in total. The zero-order valence-electron chi connectivity index (χ0n) is 12.9. The summed E-state index contributed by atoms with van der Waals surface area (Å²) in [6.45, 7) is 2.89. The highest BCUT2D eigenvalue weighted by atomic mass is 16.4. The molecule has 4 heteroatoms. The fourth-order valence-corrected chi connectivity index (χ4v) is 1.70. The topological polar surface area (TPSA) is 72.7 Å². The van der Waals surface area contributed by atoms with E-state index in [-0.39, 0.29) is 6.61 Å². The Bertz CT molecular complexity index is 449. The molecule has 0 heterocycles. The third-order valence-corrected chi connectivity index (χ3v) is 3.09. The number of hydrogen-bond donors (Lipinski definition) is 4. The van der Waals surface area contributed by atoms with Crippen molar-refractivity contribution in [3.8, 4) is 0 Å². The normalized spacial score (nSPS) is 12.9. The first-order valence-corrected chi connectivity index (χ1v) is 7.39. The second-order valence-corrected chi connectivity index (χ2v) is 5.07. The zero-order valence-corrected chi connectivity index (χ0v) is 12.9. The van der Waals surface area contributed by atoms with Gasteiger partial charge < -0.3 is 20.6 Å². The van der Waals surface area contributed by atoms with Gasteiger partial charge in [0.15, 0.2) is 0 Å². The summed E-state index contributed by atoms with van der Waals surface area (Å²) in [4.78, 5) is 0. The summed E-state index contributed by atoms with van der Waals surface area (Å²) >= 11 is 0. The Labute approximate surface area is 132 Å². The summed E-state index contributed by atoms with van der Waals surface area (Å²) in [5.41, 5.74) is 2.65. The van der Waals surface area contributed by atoms with Crippen LogP contribution in [0, 0.1) is 0 Å². The largest absolute Gasteiger partial charge is 0.394 e. The van der Waals surface area contributed by atoms with Crippen LogP contribution in [0.25, 0.3) is 0 Å². The van der Waals surface area contributed by atoms with Crippen LogP contribution in [0.5, 0.6) is 0 Å². The van der Waals surface area contributed by atoms with Crippen LogP contribution in [0.2, 0.25) is 0 Å². The lowest BCUT2D eigenvalue weighted by molar-refractivity contribution is -0.00425. The molecule has 2 unspecified atom stereocenters. The van der Waals surface area contributed by atoms with Crippen molar-refractivity contribution in [3.05, 3.63) is 71.8 Å². The van der Waals surface area contributed by atoms with Gasteiger partial charge in [0.25, 0.3) is 0 Å². The van der Waals surface area contributed by atoms with Gasteiger partial charge >= 0.3 is 0 Å². The fraction of sp³-hybridized carbons (Fsp3) is 0.333. The first kappa shape index (κ1) is 18.3. The van der Waals surface area contributed by atoms with E-state index in [1.807, 2.05) is 12.1 Å². The molecule has 0 saturated carbocycles. The molecule has 22 heavy (non-hydrogen) atoms. The molecule has 2 rings (SSSR count). The summed E-state index contributed by atoms with van der Waals surface area (Å²) in [7, 11) is 0. The summed E-state index contributed by atoms with van der Waals surface area (Å²) in [6.07, 6.45) is -1.81. The van der Waals surface area contributed by atoms with Gasteiger partial charge in [-0.1, -0.05) is 60.7 Å². The average molecular weight is 303 g/mol. The van der Waals surface area contributed by atoms with Crippen LogP contribution in [-0.4, -0.2) is 34.1 Å². The van der Waals surface area contributed by atoms with Crippen molar-refractivity contribution < 1.29 is 15.3 Å². The van der Waals surface area contributed by atoms with Gasteiger partial charge in [-0.25, -0.2) is 0 Å². The molecule has 0 aliphatic heterocycles. The molecule has 2 aromatic carbocycles. The van der Waals surface area contributed by atoms with E-state index in [1.54, 1.807) is 0 Å². The lowest BCUT2D eigenvalue weighted by Gasteiger charge is -2.07. The highest BCUT2D eigenvalue weighted by Crippen LogP contribution is 2.00. The van der Waals surface area contributed by atoms with Crippen molar-refractivity contribution in [2.45, 2.75) is 32.2 Å². The van der Waals surface area contributed by atoms with E-state index < -0.39 is 12.2 Å². The Morgan fingerprint density at radius 2 is 1.23 bits per heavy atom. The van der Waals surface area contributed by atoms with Crippen molar-refractivity contribution in [2.24, 2.45) is 0 Å². The second-order valence-electron chi connectivity index (χ2n) is 5.07. The molecule has 0 saturated heterocycles. The maximum absolute atomic E-state index is 8.44. The monoisotopic (exact) mass is 303 g/mol. The van der Waals surface area contributed by atoms with Crippen LogP contribution >= 0.6 is 0 Å². The van der Waals surface area contributed by atoms with Crippen molar-refractivity contribution in [1.82, 2.24) is 5.32 Å².